The standard InChI is InChI=1S/C11H16ClN3/c1-7-8(2)10(15-14-9(7)12)13-11(3)5-4-6-11/h4-6H2,1-3H3,(H,13,15). The van der Waals surface area contributed by atoms with Crippen molar-refractivity contribution in [3.63, 3.8) is 0 Å². The van der Waals surface area contributed by atoms with E-state index in [9.17, 15) is 0 Å². The van der Waals surface area contributed by atoms with Gasteiger partial charge in [0.05, 0.1) is 0 Å². The molecule has 0 aliphatic heterocycles. The Bertz CT molecular complexity index is 386. The molecule has 1 aliphatic carbocycles. The first-order valence-electron chi connectivity index (χ1n) is 5.29. The van der Waals surface area contributed by atoms with Crippen molar-refractivity contribution < 1.29 is 0 Å². The fourth-order valence-corrected chi connectivity index (χ4v) is 1.99. The molecule has 0 bridgehead atoms. The summed E-state index contributed by atoms with van der Waals surface area (Å²) in [5.41, 5.74) is 2.32. The minimum Gasteiger partial charge on any atom is -0.363 e. The van der Waals surface area contributed by atoms with Crippen LogP contribution in [-0.2, 0) is 0 Å². The van der Waals surface area contributed by atoms with Crippen molar-refractivity contribution in [2.24, 2.45) is 0 Å². The fraction of sp³-hybridized carbons (Fsp3) is 0.636. The molecule has 1 fully saturated rings. The summed E-state index contributed by atoms with van der Waals surface area (Å²) in [6, 6.07) is 0. The van der Waals surface area contributed by atoms with Crippen LogP contribution in [0.25, 0.3) is 0 Å². The molecule has 1 saturated carbocycles. The smallest absolute Gasteiger partial charge is 0.155 e. The Morgan fingerprint density at radius 2 is 1.87 bits per heavy atom. The number of hydrogen-bond acceptors (Lipinski definition) is 3. The van der Waals surface area contributed by atoms with Crippen LogP contribution < -0.4 is 5.32 Å². The largest absolute Gasteiger partial charge is 0.363 e. The lowest BCUT2D eigenvalue weighted by Gasteiger charge is -2.39. The predicted molar refractivity (Wildman–Crippen MR) is 62.4 cm³/mol. The van der Waals surface area contributed by atoms with E-state index in [1.54, 1.807) is 0 Å². The van der Waals surface area contributed by atoms with Crippen LogP contribution in [0.15, 0.2) is 0 Å². The molecule has 1 aromatic rings. The molecule has 0 radical (unpaired) electrons. The second-order valence-electron chi connectivity index (χ2n) is 4.63. The summed E-state index contributed by atoms with van der Waals surface area (Å²) in [4.78, 5) is 0. The van der Waals surface area contributed by atoms with Crippen LogP contribution in [0.3, 0.4) is 0 Å². The van der Waals surface area contributed by atoms with Crippen LogP contribution in [0, 0.1) is 13.8 Å². The van der Waals surface area contributed by atoms with Crippen molar-refractivity contribution in [3.8, 4) is 0 Å². The van der Waals surface area contributed by atoms with Gasteiger partial charge in [0.25, 0.3) is 0 Å². The molecule has 1 N–H and O–H groups in total. The van der Waals surface area contributed by atoms with E-state index in [0.717, 1.165) is 16.9 Å². The third-order valence-electron chi connectivity index (χ3n) is 3.34. The normalized spacial score (nSPS) is 18.4. The van der Waals surface area contributed by atoms with Crippen LogP contribution in [0.2, 0.25) is 5.15 Å². The zero-order valence-electron chi connectivity index (χ0n) is 9.39. The zero-order valence-corrected chi connectivity index (χ0v) is 10.1. The molecule has 0 spiro atoms. The Hall–Kier alpha value is -0.830. The van der Waals surface area contributed by atoms with Crippen molar-refractivity contribution in [2.75, 3.05) is 5.32 Å². The Kier molecular flexibility index (Phi) is 2.59. The van der Waals surface area contributed by atoms with Gasteiger partial charge in [-0.1, -0.05) is 11.6 Å². The molecule has 15 heavy (non-hydrogen) atoms. The molecule has 0 saturated heterocycles. The van der Waals surface area contributed by atoms with Crippen molar-refractivity contribution in [3.05, 3.63) is 16.3 Å². The molecule has 4 heteroatoms. The highest BCUT2D eigenvalue weighted by Gasteiger charge is 2.32. The summed E-state index contributed by atoms with van der Waals surface area (Å²) < 4.78 is 0. The van der Waals surface area contributed by atoms with Gasteiger partial charge in [-0.25, -0.2) is 0 Å². The summed E-state index contributed by atoms with van der Waals surface area (Å²) in [5, 5.41) is 12.0. The van der Waals surface area contributed by atoms with Crippen molar-refractivity contribution >= 4 is 17.4 Å². The van der Waals surface area contributed by atoms with E-state index in [1.807, 2.05) is 13.8 Å². The molecule has 2 rings (SSSR count). The maximum absolute atomic E-state index is 5.90. The number of anilines is 1. The van der Waals surface area contributed by atoms with Crippen LogP contribution in [-0.4, -0.2) is 15.7 Å². The zero-order chi connectivity index (χ0) is 11.1. The van der Waals surface area contributed by atoms with E-state index < -0.39 is 0 Å². The molecular formula is C11H16ClN3. The molecule has 0 unspecified atom stereocenters. The van der Waals surface area contributed by atoms with Crippen molar-refractivity contribution in [1.82, 2.24) is 10.2 Å². The maximum Gasteiger partial charge on any atom is 0.155 e. The second-order valence-corrected chi connectivity index (χ2v) is 4.99. The lowest BCUT2D eigenvalue weighted by molar-refractivity contribution is 0.305. The summed E-state index contributed by atoms with van der Waals surface area (Å²) in [7, 11) is 0. The molecule has 3 nitrogen and oxygen atoms in total. The second kappa shape index (κ2) is 3.63. The van der Waals surface area contributed by atoms with Gasteiger partial charge in [-0.2, -0.15) is 0 Å². The highest BCUT2D eigenvalue weighted by molar-refractivity contribution is 6.30. The first-order chi connectivity index (χ1) is 7.02. The van der Waals surface area contributed by atoms with Gasteiger partial charge < -0.3 is 5.32 Å². The third-order valence-corrected chi connectivity index (χ3v) is 3.70. The summed E-state index contributed by atoms with van der Waals surface area (Å²) in [6.45, 7) is 6.22. The van der Waals surface area contributed by atoms with Gasteiger partial charge in [-0.05, 0) is 51.2 Å². The lowest BCUT2D eigenvalue weighted by Crippen LogP contribution is -2.42. The molecule has 0 atom stereocenters. The van der Waals surface area contributed by atoms with E-state index in [4.69, 9.17) is 11.6 Å². The third kappa shape index (κ3) is 1.93. The number of nitrogens with zero attached hydrogens (tertiary/aromatic N) is 2. The van der Waals surface area contributed by atoms with Gasteiger partial charge in [-0.15, -0.1) is 10.2 Å². The van der Waals surface area contributed by atoms with Gasteiger partial charge in [0, 0.05) is 5.54 Å². The average Bonchev–Trinajstić information content (AvgIpc) is 2.17. The minimum atomic E-state index is 0.208. The van der Waals surface area contributed by atoms with E-state index in [0.29, 0.717) is 5.15 Å². The van der Waals surface area contributed by atoms with E-state index in [2.05, 4.69) is 22.4 Å². The van der Waals surface area contributed by atoms with Crippen molar-refractivity contribution in [2.45, 2.75) is 45.6 Å². The van der Waals surface area contributed by atoms with E-state index in [1.165, 1.54) is 19.3 Å². The highest BCUT2D eigenvalue weighted by Crippen LogP contribution is 2.35. The molecule has 82 valence electrons. The number of nitrogens with one attached hydrogen (secondary N) is 1. The predicted octanol–water partition coefficient (Wildman–Crippen LogP) is 3.10. The van der Waals surface area contributed by atoms with Crippen LogP contribution in [0.4, 0.5) is 5.82 Å². The van der Waals surface area contributed by atoms with Crippen LogP contribution in [0.5, 0.6) is 0 Å². The van der Waals surface area contributed by atoms with Gasteiger partial charge in [0.15, 0.2) is 11.0 Å². The molecule has 0 amide bonds. The number of halogens is 1. The number of aromatic nitrogens is 2. The number of rotatable bonds is 2. The molecule has 0 aromatic carbocycles. The first-order valence-corrected chi connectivity index (χ1v) is 5.67. The summed E-state index contributed by atoms with van der Waals surface area (Å²) >= 11 is 5.90. The van der Waals surface area contributed by atoms with E-state index in [-0.39, 0.29) is 5.54 Å². The maximum atomic E-state index is 5.90. The monoisotopic (exact) mass is 225 g/mol. The number of hydrogen-bond donors (Lipinski definition) is 1. The molecule has 1 aliphatic rings. The Labute approximate surface area is 95.2 Å². The first kappa shape index (κ1) is 10.7. The molecule has 1 heterocycles. The Balaban J connectivity index is 2.25. The quantitative estimate of drug-likeness (QED) is 0.841. The van der Waals surface area contributed by atoms with Gasteiger partial charge in [0.2, 0.25) is 0 Å². The molecular weight excluding hydrogens is 210 g/mol. The average molecular weight is 226 g/mol. The topological polar surface area (TPSA) is 37.8 Å². The van der Waals surface area contributed by atoms with Gasteiger partial charge >= 0.3 is 0 Å². The van der Waals surface area contributed by atoms with Crippen molar-refractivity contribution in [1.29, 1.82) is 0 Å². The SMILES string of the molecule is Cc1c(Cl)nnc(NC2(C)CCC2)c1C. The Morgan fingerprint density at radius 1 is 1.20 bits per heavy atom. The van der Waals surface area contributed by atoms with Gasteiger partial charge in [0.1, 0.15) is 0 Å². The lowest BCUT2D eigenvalue weighted by atomic mass is 9.78. The fourth-order valence-electron chi connectivity index (χ4n) is 1.81. The van der Waals surface area contributed by atoms with Gasteiger partial charge in [-0.3, -0.25) is 0 Å². The minimum absolute atomic E-state index is 0.208. The highest BCUT2D eigenvalue weighted by atomic mass is 35.5. The van der Waals surface area contributed by atoms with Crippen LogP contribution in [0.1, 0.15) is 37.3 Å². The summed E-state index contributed by atoms with van der Waals surface area (Å²) in [5.74, 6) is 0.874. The molecule has 1 aromatic heterocycles. The van der Waals surface area contributed by atoms with Crippen LogP contribution >= 0.6 is 11.6 Å². The van der Waals surface area contributed by atoms with E-state index >= 15 is 0 Å². The summed E-state index contributed by atoms with van der Waals surface area (Å²) in [6.07, 6.45) is 3.70. The Morgan fingerprint density at radius 3 is 2.40 bits per heavy atom.